The van der Waals surface area contributed by atoms with Crippen molar-refractivity contribution in [1.82, 2.24) is 15.1 Å². The van der Waals surface area contributed by atoms with Gasteiger partial charge in [-0.1, -0.05) is 66.2 Å². The molecule has 1 fully saturated rings. The number of amides is 1. The molecule has 1 amide bonds. The fraction of sp³-hybridized carbons (Fsp3) is 0.292. The van der Waals surface area contributed by atoms with Crippen molar-refractivity contribution >= 4 is 28.3 Å². The second kappa shape index (κ2) is 9.40. The summed E-state index contributed by atoms with van der Waals surface area (Å²) < 4.78 is 0. The molecule has 1 N–H and O–H groups in total. The number of nitrogens with one attached hydrogen (secondary N) is 1. The summed E-state index contributed by atoms with van der Waals surface area (Å²) in [4.78, 5) is 17.0. The van der Waals surface area contributed by atoms with Crippen molar-refractivity contribution in [3.8, 4) is 0 Å². The van der Waals surface area contributed by atoms with Gasteiger partial charge >= 0.3 is 0 Å². The Kier molecular flexibility index (Phi) is 6.45. The fourth-order valence-corrected chi connectivity index (χ4v) is 3.96. The largest absolute Gasteiger partial charge is 0.351 e. The Bertz CT molecular complexity index is 960. The summed E-state index contributed by atoms with van der Waals surface area (Å²) in [5.74, 6) is 0.0717. The van der Waals surface area contributed by atoms with E-state index in [1.165, 1.54) is 16.3 Å². The van der Waals surface area contributed by atoms with Crippen molar-refractivity contribution in [3.05, 3.63) is 82.9 Å². The number of hydrogen-bond donors (Lipinski definition) is 1. The van der Waals surface area contributed by atoms with Gasteiger partial charge in [-0.25, -0.2) is 0 Å². The summed E-state index contributed by atoms with van der Waals surface area (Å²) >= 11 is 5.90. The van der Waals surface area contributed by atoms with Gasteiger partial charge in [-0.3, -0.25) is 14.6 Å². The van der Waals surface area contributed by atoms with E-state index in [4.69, 9.17) is 11.6 Å². The smallest absolute Gasteiger partial charge is 0.234 e. The molecule has 1 heterocycles. The summed E-state index contributed by atoms with van der Waals surface area (Å²) in [6.45, 7) is 5.74. The Hall–Kier alpha value is -2.40. The lowest BCUT2D eigenvalue weighted by Gasteiger charge is -2.34. The molecule has 1 aliphatic heterocycles. The Labute approximate surface area is 177 Å². The van der Waals surface area contributed by atoms with Gasteiger partial charge in [0.25, 0.3) is 0 Å². The molecule has 0 bridgehead atoms. The third-order valence-corrected chi connectivity index (χ3v) is 5.76. The minimum Gasteiger partial charge on any atom is -0.351 e. The number of rotatable bonds is 6. The molecule has 0 aromatic heterocycles. The first-order chi connectivity index (χ1) is 14.2. The minimum absolute atomic E-state index is 0.0717. The summed E-state index contributed by atoms with van der Waals surface area (Å²) in [6, 6.07) is 22.7. The highest BCUT2D eigenvalue weighted by Crippen LogP contribution is 2.20. The van der Waals surface area contributed by atoms with Crippen LogP contribution in [0.1, 0.15) is 11.1 Å². The Morgan fingerprint density at radius 2 is 1.55 bits per heavy atom. The van der Waals surface area contributed by atoms with E-state index in [0.717, 1.165) is 38.3 Å². The summed E-state index contributed by atoms with van der Waals surface area (Å²) in [5.41, 5.74) is 2.43. The molecule has 4 nitrogen and oxygen atoms in total. The maximum Gasteiger partial charge on any atom is 0.234 e. The summed E-state index contributed by atoms with van der Waals surface area (Å²) in [5, 5.41) is 6.33. The molecule has 29 heavy (non-hydrogen) atoms. The lowest BCUT2D eigenvalue weighted by molar-refractivity contribution is -0.122. The van der Waals surface area contributed by atoms with Gasteiger partial charge in [-0.2, -0.15) is 0 Å². The summed E-state index contributed by atoms with van der Waals surface area (Å²) in [6.07, 6.45) is 0. The zero-order valence-electron chi connectivity index (χ0n) is 16.5. The fourth-order valence-electron chi connectivity index (χ4n) is 3.84. The first-order valence-electron chi connectivity index (χ1n) is 10.1. The lowest BCUT2D eigenvalue weighted by atomic mass is 10.0. The van der Waals surface area contributed by atoms with Gasteiger partial charge in [-0.15, -0.1) is 0 Å². The third-order valence-electron chi connectivity index (χ3n) is 5.51. The van der Waals surface area contributed by atoms with E-state index < -0.39 is 0 Å². The van der Waals surface area contributed by atoms with Crippen molar-refractivity contribution in [2.45, 2.75) is 13.1 Å². The van der Waals surface area contributed by atoms with Gasteiger partial charge in [0, 0.05) is 44.3 Å². The average Bonchev–Trinajstić information content (AvgIpc) is 2.75. The van der Waals surface area contributed by atoms with E-state index in [1.54, 1.807) is 0 Å². The van der Waals surface area contributed by atoms with Crippen LogP contribution in [0.5, 0.6) is 0 Å². The molecule has 3 aromatic rings. The Balaban J connectivity index is 1.24. The second-order valence-electron chi connectivity index (χ2n) is 7.59. The number of hydrogen-bond acceptors (Lipinski definition) is 3. The molecule has 0 saturated carbocycles. The normalized spacial score (nSPS) is 15.5. The second-order valence-corrected chi connectivity index (χ2v) is 8.03. The molecule has 0 spiro atoms. The van der Waals surface area contributed by atoms with Gasteiger partial charge < -0.3 is 5.32 Å². The van der Waals surface area contributed by atoms with Crippen molar-refractivity contribution in [1.29, 1.82) is 0 Å². The maximum absolute atomic E-state index is 12.3. The van der Waals surface area contributed by atoms with Gasteiger partial charge in [-0.05, 0) is 34.0 Å². The van der Waals surface area contributed by atoms with Crippen LogP contribution in [-0.2, 0) is 17.9 Å². The maximum atomic E-state index is 12.3. The minimum atomic E-state index is 0.0717. The van der Waals surface area contributed by atoms with Crippen molar-refractivity contribution < 1.29 is 4.79 Å². The third kappa shape index (κ3) is 5.36. The number of piperazine rings is 1. The first kappa shape index (κ1) is 19.9. The highest BCUT2D eigenvalue weighted by atomic mass is 35.5. The van der Waals surface area contributed by atoms with Crippen molar-refractivity contribution in [2.75, 3.05) is 32.7 Å². The van der Waals surface area contributed by atoms with Gasteiger partial charge in [0.1, 0.15) is 0 Å². The molecule has 1 saturated heterocycles. The Morgan fingerprint density at radius 1 is 0.862 bits per heavy atom. The van der Waals surface area contributed by atoms with E-state index in [-0.39, 0.29) is 5.91 Å². The number of benzene rings is 3. The molecule has 0 atom stereocenters. The van der Waals surface area contributed by atoms with Gasteiger partial charge in [0.05, 0.1) is 6.54 Å². The molecule has 4 rings (SSSR count). The molecule has 0 aliphatic carbocycles. The van der Waals surface area contributed by atoms with E-state index in [2.05, 4.69) is 57.6 Å². The zero-order valence-corrected chi connectivity index (χ0v) is 17.2. The molecule has 150 valence electrons. The number of fused-ring (bicyclic) bond motifs is 1. The van der Waals surface area contributed by atoms with Crippen LogP contribution in [0.4, 0.5) is 0 Å². The molecular formula is C24H26ClN3O. The number of carbonyl (C=O) groups is 1. The number of nitrogens with zero attached hydrogens (tertiary/aromatic N) is 2. The van der Waals surface area contributed by atoms with Crippen molar-refractivity contribution in [2.24, 2.45) is 0 Å². The molecule has 3 aromatic carbocycles. The van der Waals surface area contributed by atoms with Crippen LogP contribution in [0.2, 0.25) is 5.02 Å². The van der Waals surface area contributed by atoms with E-state index in [9.17, 15) is 4.79 Å². The molecular weight excluding hydrogens is 382 g/mol. The number of carbonyl (C=O) groups excluding carboxylic acids is 1. The van der Waals surface area contributed by atoms with Gasteiger partial charge in [0.2, 0.25) is 5.91 Å². The van der Waals surface area contributed by atoms with Crippen LogP contribution < -0.4 is 5.32 Å². The molecule has 0 unspecified atom stereocenters. The monoisotopic (exact) mass is 407 g/mol. The van der Waals surface area contributed by atoms with E-state index >= 15 is 0 Å². The molecule has 1 aliphatic rings. The van der Waals surface area contributed by atoms with E-state index in [1.807, 2.05) is 24.3 Å². The Morgan fingerprint density at radius 3 is 2.34 bits per heavy atom. The summed E-state index contributed by atoms with van der Waals surface area (Å²) in [7, 11) is 0. The van der Waals surface area contributed by atoms with Crippen LogP contribution in [0.15, 0.2) is 66.7 Å². The van der Waals surface area contributed by atoms with Crippen LogP contribution >= 0.6 is 11.6 Å². The topological polar surface area (TPSA) is 35.6 Å². The predicted octanol–water partition coefficient (Wildman–Crippen LogP) is 3.93. The van der Waals surface area contributed by atoms with Gasteiger partial charge in [0.15, 0.2) is 0 Å². The SMILES string of the molecule is O=C(CN1CCN(Cc2cccc3ccccc23)CC1)NCc1ccc(Cl)cc1. The standard InChI is InChI=1S/C24H26ClN3O/c25-22-10-8-19(9-11-22)16-26-24(29)18-28-14-12-27(13-15-28)17-21-6-3-5-20-4-1-2-7-23(20)21/h1-11H,12-18H2,(H,26,29). The lowest BCUT2D eigenvalue weighted by Crippen LogP contribution is -2.49. The van der Waals surface area contributed by atoms with Crippen LogP contribution in [0.25, 0.3) is 10.8 Å². The van der Waals surface area contributed by atoms with Crippen LogP contribution in [0, 0.1) is 0 Å². The van der Waals surface area contributed by atoms with Crippen LogP contribution in [0.3, 0.4) is 0 Å². The quantitative estimate of drug-likeness (QED) is 0.672. The first-order valence-corrected chi connectivity index (χ1v) is 10.5. The molecule has 0 radical (unpaired) electrons. The number of halogens is 1. The van der Waals surface area contributed by atoms with Crippen LogP contribution in [-0.4, -0.2) is 48.4 Å². The zero-order chi connectivity index (χ0) is 20.1. The van der Waals surface area contributed by atoms with Crippen molar-refractivity contribution in [3.63, 3.8) is 0 Å². The highest BCUT2D eigenvalue weighted by molar-refractivity contribution is 6.30. The molecule has 5 heteroatoms. The van der Waals surface area contributed by atoms with E-state index in [0.29, 0.717) is 18.1 Å². The highest BCUT2D eigenvalue weighted by Gasteiger charge is 2.19. The predicted molar refractivity (Wildman–Crippen MR) is 119 cm³/mol. The average molecular weight is 408 g/mol.